The summed E-state index contributed by atoms with van der Waals surface area (Å²) in [4.78, 5) is 14.1. The van der Waals surface area contributed by atoms with Gasteiger partial charge in [-0.1, -0.05) is 19.9 Å². The van der Waals surface area contributed by atoms with Gasteiger partial charge in [-0.25, -0.2) is 0 Å². The molecular formula is C11H17NO2S. The van der Waals surface area contributed by atoms with Crippen LogP contribution in [0.2, 0.25) is 0 Å². The third kappa shape index (κ3) is 3.32. The summed E-state index contributed by atoms with van der Waals surface area (Å²) in [7, 11) is 0. The Morgan fingerprint density at radius 2 is 2.20 bits per heavy atom. The van der Waals surface area contributed by atoms with Crippen LogP contribution in [0.3, 0.4) is 0 Å². The van der Waals surface area contributed by atoms with Crippen LogP contribution in [-0.4, -0.2) is 29.1 Å². The van der Waals surface area contributed by atoms with Crippen LogP contribution < -0.4 is 0 Å². The van der Waals surface area contributed by atoms with Crippen molar-refractivity contribution in [3.63, 3.8) is 0 Å². The number of carboxylic acid groups (broad SMARTS) is 1. The van der Waals surface area contributed by atoms with Crippen molar-refractivity contribution in [1.29, 1.82) is 0 Å². The summed E-state index contributed by atoms with van der Waals surface area (Å²) in [5, 5.41) is 10.9. The van der Waals surface area contributed by atoms with Gasteiger partial charge in [-0.3, -0.25) is 9.69 Å². The second-order valence-corrected chi connectivity index (χ2v) is 4.33. The van der Waals surface area contributed by atoms with Crippen LogP contribution in [0.5, 0.6) is 0 Å². The van der Waals surface area contributed by atoms with Crippen molar-refractivity contribution in [2.24, 2.45) is 0 Å². The van der Waals surface area contributed by atoms with Crippen LogP contribution in [-0.2, 0) is 4.79 Å². The Balaban J connectivity index is 2.82. The molecule has 15 heavy (non-hydrogen) atoms. The lowest BCUT2D eigenvalue weighted by Gasteiger charge is -2.27. The molecule has 0 aliphatic carbocycles. The van der Waals surface area contributed by atoms with Gasteiger partial charge in [-0.2, -0.15) is 0 Å². The summed E-state index contributed by atoms with van der Waals surface area (Å²) in [5.74, 6) is -0.736. The van der Waals surface area contributed by atoms with E-state index < -0.39 is 5.97 Å². The van der Waals surface area contributed by atoms with E-state index in [1.165, 1.54) is 0 Å². The lowest BCUT2D eigenvalue weighted by molar-refractivity contribution is -0.138. The summed E-state index contributed by atoms with van der Waals surface area (Å²) in [6, 6.07) is 4.01. The fourth-order valence-corrected chi connectivity index (χ4v) is 2.58. The van der Waals surface area contributed by atoms with E-state index in [0.717, 1.165) is 18.0 Å². The Bertz CT molecular complexity index is 294. The predicted molar refractivity (Wildman–Crippen MR) is 62.2 cm³/mol. The Morgan fingerprint density at radius 3 is 2.60 bits per heavy atom. The lowest BCUT2D eigenvalue weighted by Crippen LogP contribution is -2.29. The Kier molecular flexibility index (Phi) is 4.78. The molecule has 0 fully saturated rings. The molecular weight excluding hydrogens is 210 g/mol. The second-order valence-electron chi connectivity index (χ2n) is 3.35. The highest BCUT2D eigenvalue weighted by Gasteiger charge is 2.21. The van der Waals surface area contributed by atoms with Crippen LogP contribution in [0.15, 0.2) is 17.5 Å². The zero-order chi connectivity index (χ0) is 11.3. The van der Waals surface area contributed by atoms with Crippen molar-refractivity contribution in [3.05, 3.63) is 22.4 Å². The largest absolute Gasteiger partial charge is 0.481 e. The van der Waals surface area contributed by atoms with Crippen LogP contribution in [0.1, 0.15) is 31.2 Å². The predicted octanol–water partition coefficient (Wildman–Crippen LogP) is 2.61. The molecule has 1 aromatic heterocycles. The van der Waals surface area contributed by atoms with Gasteiger partial charge in [0.15, 0.2) is 0 Å². The highest BCUT2D eigenvalue weighted by Crippen LogP contribution is 2.27. The molecule has 1 atom stereocenters. The van der Waals surface area contributed by atoms with E-state index in [4.69, 9.17) is 5.11 Å². The van der Waals surface area contributed by atoms with Crippen LogP contribution in [0, 0.1) is 0 Å². The normalized spacial score (nSPS) is 13.0. The first kappa shape index (κ1) is 12.2. The smallest absolute Gasteiger partial charge is 0.305 e. The zero-order valence-electron chi connectivity index (χ0n) is 9.14. The van der Waals surface area contributed by atoms with E-state index in [1.807, 2.05) is 17.5 Å². The highest BCUT2D eigenvalue weighted by molar-refractivity contribution is 7.10. The average Bonchev–Trinajstić information content (AvgIpc) is 2.70. The summed E-state index contributed by atoms with van der Waals surface area (Å²) >= 11 is 1.63. The first-order valence-corrected chi connectivity index (χ1v) is 6.06. The van der Waals surface area contributed by atoms with Gasteiger partial charge in [-0.05, 0) is 24.5 Å². The molecule has 1 heterocycles. The maximum absolute atomic E-state index is 10.8. The van der Waals surface area contributed by atoms with Gasteiger partial charge in [0.05, 0.1) is 12.5 Å². The van der Waals surface area contributed by atoms with Gasteiger partial charge in [0.1, 0.15) is 0 Å². The molecule has 84 valence electrons. The monoisotopic (exact) mass is 227 g/mol. The fourth-order valence-electron chi connectivity index (χ4n) is 1.72. The van der Waals surface area contributed by atoms with Gasteiger partial charge in [0, 0.05) is 4.88 Å². The van der Waals surface area contributed by atoms with Crippen LogP contribution in [0.4, 0.5) is 0 Å². The zero-order valence-corrected chi connectivity index (χ0v) is 9.96. The van der Waals surface area contributed by atoms with Crippen molar-refractivity contribution in [2.75, 3.05) is 13.1 Å². The minimum atomic E-state index is -0.736. The maximum atomic E-state index is 10.8. The molecule has 0 spiro atoms. The molecule has 1 N–H and O–H groups in total. The number of carboxylic acids is 1. The SMILES string of the molecule is CCN(CC)C(CC(=O)O)c1cccs1. The molecule has 0 amide bonds. The minimum Gasteiger partial charge on any atom is -0.481 e. The second kappa shape index (κ2) is 5.88. The first-order chi connectivity index (χ1) is 7.19. The number of hydrogen-bond donors (Lipinski definition) is 1. The van der Waals surface area contributed by atoms with Crippen LogP contribution >= 0.6 is 11.3 Å². The quantitative estimate of drug-likeness (QED) is 0.812. The Morgan fingerprint density at radius 1 is 1.53 bits per heavy atom. The molecule has 1 unspecified atom stereocenters. The van der Waals surface area contributed by atoms with E-state index in [0.29, 0.717) is 0 Å². The van der Waals surface area contributed by atoms with E-state index in [2.05, 4.69) is 18.7 Å². The number of nitrogens with zero attached hydrogens (tertiary/aromatic N) is 1. The van der Waals surface area contributed by atoms with Gasteiger partial charge in [0.2, 0.25) is 0 Å². The molecule has 0 saturated heterocycles. The molecule has 0 aromatic carbocycles. The summed E-state index contributed by atoms with van der Waals surface area (Å²) in [6.07, 6.45) is 0.183. The van der Waals surface area contributed by atoms with E-state index >= 15 is 0 Å². The van der Waals surface area contributed by atoms with Crippen molar-refractivity contribution >= 4 is 17.3 Å². The number of aliphatic carboxylic acids is 1. The highest BCUT2D eigenvalue weighted by atomic mass is 32.1. The molecule has 0 bridgehead atoms. The van der Waals surface area contributed by atoms with Gasteiger partial charge in [-0.15, -0.1) is 11.3 Å². The molecule has 0 aliphatic rings. The van der Waals surface area contributed by atoms with E-state index in [-0.39, 0.29) is 12.5 Å². The first-order valence-electron chi connectivity index (χ1n) is 5.18. The minimum absolute atomic E-state index is 0.0255. The summed E-state index contributed by atoms with van der Waals surface area (Å²) < 4.78 is 0. The summed E-state index contributed by atoms with van der Waals surface area (Å²) in [6.45, 7) is 5.89. The number of carbonyl (C=O) groups is 1. The van der Waals surface area contributed by atoms with Gasteiger partial charge < -0.3 is 5.11 Å². The standard InChI is InChI=1S/C11H17NO2S/c1-3-12(4-2)9(8-11(13)14)10-6-5-7-15-10/h5-7,9H,3-4,8H2,1-2H3,(H,13,14). The molecule has 0 radical (unpaired) electrons. The summed E-state index contributed by atoms with van der Waals surface area (Å²) in [5.41, 5.74) is 0. The Labute approximate surface area is 94.3 Å². The average molecular weight is 227 g/mol. The molecule has 3 nitrogen and oxygen atoms in total. The van der Waals surface area contributed by atoms with Gasteiger partial charge >= 0.3 is 5.97 Å². The topological polar surface area (TPSA) is 40.5 Å². The number of thiophene rings is 1. The molecule has 1 aromatic rings. The van der Waals surface area contributed by atoms with Crippen molar-refractivity contribution in [3.8, 4) is 0 Å². The van der Waals surface area contributed by atoms with Crippen molar-refractivity contribution in [1.82, 2.24) is 4.90 Å². The molecule has 1 rings (SSSR count). The number of hydrogen-bond acceptors (Lipinski definition) is 3. The fraction of sp³-hybridized carbons (Fsp3) is 0.545. The number of rotatable bonds is 6. The van der Waals surface area contributed by atoms with Crippen LogP contribution in [0.25, 0.3) is 0 Å². The molecule has 0 aliphatic heterocycles. The lowest BCUT2D eigenvalue weighted by atomic mass is 10.1. The third-order valence-electron chi connectivity index (χ3n) is 2.49. The third-order valence-corrected chi connectivity index (χ3v) is 3.47. The van der Waals surface area contributed by atoms with Crippen molar-refractivity contribution in [2.45, 2.75) is 26.3 Å². The van der Waals surface area contributed by atoms with E-state index in [9.17, 15) is 4.79 Å². The maximum Gasteiger partial charge on any atom is 0.305 e. The van der Waals surface area contributed by atoms with E-state index in [1.54, 1.807) is 11.3 Å². The Hall–Kier alpha value is -0.870. The molecule has 4 heteroatoms. The molecule has 0 saturated carbocycles. The van der Waals surface area contributed by atoms with Gasteiger partial charge in [0.25, 0.3) is 0 Å². The van der Waals surface area contributed by atoms with Crippen molar-refractivity contribution < 1.29 is 9.90 Å².